The van der Waals surface area contributed by atoms with E-state index < -0.39 is 0 Å². The Morgan fingerprint density at radius 2 is 1.61 bits per heavy atom. The van der Waals surface area contributed by atoms with Crippen LogP contribution in [0.3, 0.4) is 0 Å². The van der Waals surface area contributed by atoms with Crippen molar-refractivity contribution in [1.82, 2.24) is 5.32 Å². The molecule has 18 heavy (non-hydrogen) atoms. The van der Waals surface area contributed by atoms with Crippen molar-refractivity contribution in [2.24, 2.45) is 5.92 Å². The zero-order chi connectivity index (χ0) is 13.8. The van der Waals surface area contributed by atoms with E-state index in [9.17, 15) is 0 Å². The van der Waals surface area contributed by atoms with Crippen molar-refractivity contribution >= 4 is 0 Å². The smallest absolute Gasteiger partial charge is 0.00967 e. The van der Waals surface area contributed by atoms with Gasteiger partial charge in [-0.2, -0.15) is 0 Å². The van der Waals surface area contributed by atoms with Crippen LogP contribution in [-0.2, 0) is 0 Å². The molecule has 0 aliphatic rings. The zero-order valence-corrected chi connectivity index (χ0v) is 12.9. The predicted octanol–water partition coefficient (Wildman–Crippen LogP) is 4.51. The first-order valence-electron chi connectivity index (χ1n) is 7.09. The van der Waals surface area contributed by atoms with E-state index in [4.69, 9.17) is 0 Å². The maximum absolute atomic E-state index is 3.64. The fourth-order valence-corrected chi connectivity index (χ4v) is 2.17. The normalized spacial score (nSPS) is 13.9. The molecule has 1 aromatic rings. The lowest BCUT2D eigenvalue weighted by Gasteiger charge is -2.26. The molecule has 0 aromatic heterocycles. The third-order valence-electron chi connectivity index (χ3n) is 3.18. The maximum atomic E-state index is 3.64. The van der Waals surface area contributed by atoms with Gasteiger partial charge in [-0.3, -0.25) is 0 Å². The summed E-state index contributed by atoms with van der Waals surface area (Å²) in [6, 6.07) is 9.01. The van der Waals surface area contributed by atoms with Crippen LogP contribution in [0.4, 0.5) is 0 Å². The highest BCUT2D eigenvalue weighted by Crippen LogP contribution is 2.24. The standard InChI is InChI=1S/C17H29N/c1-13(2)11-16(12-18-17(4,5)6)15-9-7-14(3)8-10-15/h7-10,13,16,18H,11-12H2,1-6H3. The first-order valence-corrected chi connectivity index (χ1v) is 7.09. The molecule has 0 bridgehead atoms. The lowest BCUT2D eigenvalue weighted by atomic mass is 9.89. The van der Waals surface area contributed by atoms with Crippen LogP contribution in [0.15, 0.2) is 24.3 Å². The van der Waals surface area contributed by atoms with Crippen molar-refractivity contribution in [3.05, 3.63) is 35.4 Å². The summed E-state index contributed by atoms with van der Waals surface area (Å²) >= 11 is 0. The first kappa shape index (κ1) is 15.2. The Kier molecular flexibility index (Phi) is 5.40. The Bertz CT molecular complexity index is 343. The minimum atomic E-state index is 0.194. The molecule has 0 amide bonds. The molecule has 0 saturated carbocycles. The quantitative estimate of drug-likeness (QED) is 0.807. The summed E-state index contributed by atoms with van der Waals surface area (Å²) in [5.41, 5.74) is 3.00. The fraction of sp³-hybridized carbons (Fsp3) is 0.647. The molecule has 1 nitrogen and oxygen atoms in total. The molecule has 0 aliphatic carbocycles. The monoisotopic (exact) mass is 247 g/mol. The van der Waals surface area contributed by atoms with Gasteiger partial charge in [-0.05, 0) is 51.5 Å². The maximum Gasteiger partial charge on any atom is 0.00967 e. The number of benzene rings is 1. The molecule has 0 spiro atoms. The second-order valence-electron chi connectivity index (χ2n) is 6.87. The lowest BCUT2D eigenvalue weighted by Crippen LogP contribution is -2.38. The van der Waals surface area contributed by atoms with Gasteiger partial charge in [0.1, 0.15) is 0 Å². The average molecular weight is 247 g/mol. The molecule has 1 atom stereocenters. The van der Waals surface area contributed by atoms with Gasteiger partial charge in [0.25, 0.3) is 0 Å². The van der Waals surface area contributed by atoms with E-state index in [1.165, 1.54) is 17.5 Å². The summed E-state index contributed by atoms with van der Waals surface area (Å²) in [6.45, 7) is 14.5. The Morgan fingerprint density at radius 3 is 2.06 bits per heavy atom. The number of nitrogens with one attached hydrogen (secondary N) is 1. The van der Waals surface area contributed by atoms with E-state index in [-0.39, 0.29) is 5.54 Å². The van der Waals surface area contributed by atoms with Crippen molar-refractivity contribution in [2.75, 3.05) is 6.54 Å². The van der Waals surface area contributed by atoms with Crippen molar-refractivity contribution in [3.8, 4) is 0 Å². The van der Waals surface area contributed by atoms with E-state index in [2.05, 4.69) is 71.1 Å². The third-order valence-corrected chi connectivity index (χ3v) is 3.18. The van der Waals surface area contributed by atoms with Gasteiger partial charge in [0, 0.05) is 12.1 Å². The summed E-state index contributed by atoms with van der Waals surface area (Å²) in [5, 5.41) is 3.64. The number of hydrogen-bond donors (Lipinski definition) is 1. The van der Waals surface area contributed by atoms with Crippen LogP contribution >= 0.6 is 0 Å². The average Bonchev–Trinajstić information content (AvgIpc) is 2.24. The molecular weight excluding hydrogens is 218 g/mol. The van der Waals surface area contributed by atoms with Crippen LogP contribution in [-0.4, -0.2) is 12.1 Å². The van der Waals surface area contributed by atoms with Gasteiger partial charge in [-0.25, -0.2) is 0 Å². The summed E-state index contributed by atoms with van der Waals surface area (Å²) in [5.74, 6) is 1.35. The van der Waals surface area contributed by atoms with Crippen molar-refractivity contribution in [2.45, 2.75) is 59.4 Å². The highest BCUT2D eigenvalue weighted by Gasteiger charge is 2.17. The highest BCUT2D eigenvalue weighted by atomic mass is 14.9. The number of aryl methyl sites for hydroxylation is 1. The molecule has 1 heteroatoms. The van der Waals surface area contributed by atoms with Gasteiger partial charge in [0.15, 0.2) is 0 Å². The van der Waals surface area contributed by atoms with Crippen LogP contribution in [0.2, 0.25) is 0 Å². The van der Waals surface area contributed by atoms with Crippen molar-refractivity contribution in [3.63, 3.8) is 0 Å². The van der Waals surface area contributed by atoms with E-state index in [1.54, 1.807) is 0 Å². The van der Waals surface area contributed by atoms with E-state index in [0.29, 0.717) is 5.92 Å². The molecule has 0 fully saturated rings. The Morgan fingerprint density at radius 1 is 1.06 bits per heavy atom. The van der Waals surface area contributed by atoms with Gasteiger partial charge in [-0.15, -0.1) is 0 Å². The van der Waals surface area contributed by atoms with E-state index in [0.717, 1.165) is 12.5 Å². The summed E-state index contributed by atoms with van der Waals surface area (Å²) in [4.78, 5) is 0. The van der Waals surface area contributed by atoms with Crippen LogP contribution in [0.25, 0.3) is 0 Å². The van der Waals surface area contributed by atoms with Gasteiger partial charge in [0.2, 0.25) is 0 Å². The Labute approximate surface area is 113 Å². The molecule has 1 N–H and O–H groups in total. The fourth-order valence-electron chi connectivity index (χ4n) is 2.17. The summed E-state index contributed by atoms with van der Waals surface area (Å²) < 4.78 is 0. The van der Waals surface area contributed by atoms with Crippen molar-refractivity contribution < 1.29 is 0 Å². The third kappa shape index (κ3) is 5.68. The van der Waals surface area contributed by atoms with Crippen molar-refractivity contribution in [1.29, 1.82) is 0 Å². The SMILES string of the molecule is Cc1ccc(C(CNC(C)(C)C)CC(C)C)cc1. The van der Waals surface area contributed by atoms with Crippen LogP contribution in [0.5, 0.6) is 0 Å². The van der Waals surface area contributed by atoms with Gasteiger partial charge in [-0.1, -0.05) is 43.7 Å². The lowest BCUT2D eigenvalue weighted by molar-refractivity contribution is 0.381. The Balaban J connectivity index is 2.74. The second-order valence-corrected chi connectivity index (χ2v) is 6.87. The molecule has 0 radical (unpaired) electrons. The molecule has 1 rings (SSSR count). The Hall–Kier alpha value is -0.820. The zero-order valence-electron chi connectivity index (χ0n) is 12.9. The molecule has 102 valence electrons. The van der Waals surface area contributed by atoms with Crippen LogP contribution in [0, 0.1) is 12.8 Å². The topological polar surface area (TPSA) is 12.0 Å². The van der Waals surface area contributed by atoms with Gasteiger partial charge >= 0.3 is 0 Å². The molecular formula is C17H29N. The minimum absolute atomic E-state index is 0.194. The summed E-state index contributed by atoms with van der Waals surface area (Å²) in [7, 11) is 0. The molecule has 1 unspecified atom stereocenters. The minimum Gasteiger partial charge on any atom is -0.311 e. The van der Waals surface area contributed by atoms with Gasteiger partial charge < -0.3 is 5.32 Å². The molecule has 0 aliphatic heterocycles. The van der Waals surface area contributed by atoms with E-state index >= 15 is 0 Å². The molecule has 0 heterocycles. The van der Waals surface area contributed by atoms with Crippen LogP contribution < -0.4 is 5.32 Å². The van der Waals surface area contributed by atoms with Gasteiger partial charge in [0.05, 0.1) is 0 Å². The predicted molar refractivity (Wildman–Crippen MR) is 81.1 cm³/mol. The largest absolute Gasteiger partial charge is 0.311 e. The second kappa shape index (κ2) is 6.38. The highest BCUT2D eigenvalue weighted by molar-refractivity contribution is 5.25. The van der Waals surface area contributed by atoms with E-state index in [1.807, 2.05) is 0 Å². The first-order chi connectivity index (χ1) is 8.28. The molecule has 0 saturated heterocycles. The summed E-state index contributed by atoms with van der Waals surface area (Å²) in [6.07, 6.45) is 1.24. The number of hydrogen-bond acceptors (Lipinski definition) is 1. The molecule has 1 aromatic carbocycles. The number of rotatable bonds is 5. The van der Waals surface area contributed by atoms with Crippen LogP contribution in [0.1, 0.15) is 58.1 Å².